The van der Waals surface area contributed by atoms with Crippen LogP contribution in [0.5, 0.6) is 5.75 Å². The van der Waals surface area contributed by atoms with E-state index < -0.39 is 0 Å². The third kappa shape index (κ3) is 4.75. The molecule has 1 atom stereocenters. The lowest BCUT2D eigenvalue weighted by molar-refractivity contribution is -0.121. The molecule has 0 fully saturated rings. The Kier molecular flexibility index (Phi) is 6.22. The van der Waals surface area contributed by atoms with Gasteiger partial charge < -0.3 is 15.4 Å². The number of carbonyl (C=O) groups is 1. The van der Waals surface area contributed by atoms with E-state index >= 15 is 0 Å². The lowest BCUT2D eigenvalue weighted by Gasteiger charge is -2.14. The van der Waals surface area contributed by atoms with Crippen LogP contribution in [-0.2, 0) is 4.79 Å². The van der Waals surface area contributed by atoms with Gasteiger partial charge in [0.05, 0.1) is 13.0 Å². The summed E-state index contributed by atoms with van der Waals surface area (Å²) in [5.74, 6) is 0.799. The lowest BCUT2D eigenvalue weighted by atomic mass is 10.1. The van der Waals surface area contributed by atoms with Crippen LogP contribution < -0.4 is 15.4 Å². The fourth-order valence-electron chi connectivity index (χ4n) is 1.68. The smallest absolute Gasteiger partial charge is 0.223 e. The SMILES string of the molecule is CCNC(C)c1cccc(OCCC(=O)NC)c1. The fourth-order valence-corrected chi connectivity index (χ4v) is 1.68. The Balaban J connectivity index is 2.51. The van der Waals surface area contributed by atoms with Gasteiger partial charge in [0.2, 0.25) is 5.91 Å². The van der Waals surface area contributed by atoms with Gasteiger partial charge in [-0.3, -0.25) is 4.79 Å². The summed E-state index contributed by atoms with van der Waals surface area (Å²) in [7, 11) is 1.63. The summed E-state index contributed by atoms with van der Waals surface area (Å²) in [5.41, 5.74) is 1.19. The number of ether oxygens (including phenoxy) is 1. The quantitative estimate of drug-likeness (QED) is 0.776. The molecule has 0 aliphatic heterocycles. The molecule has 1 rings (SSSR count). The maximum atomic E-state index is 11.1. The zero-order valence-corrected chi connectivity index (χ0v) is 11.3. The Morgan fingerprint density at radius 2 is 2.22 bits per heavy atom. The third-order valence-electron chi connectivity index (χ3n) is 2.75. The van der Waals surface area contributed by atoms with Gasteiger partial charge in [-0.05, 0) is 31.2 Å². The van der Waals surface area contributed by atoms with Gasteiger partial charge >= 0.3 is 0 Å². The van der Waals surface area contributed by atoms with Crippen molar-refractivity contribution in [2.24, 2.45) is 0 Å². The molecule has 1 aromatic rings. The van der Waals surface area contributed by atoms with E-state index in [0.29, 0.717) is 19.1 Å². The first-order valence-corrected chi connectivity index (χ1v) is 6.34. The Bertz CT molecular complexity index is 380. The molecule has 4 nitrogen and oxygen atoms in total. The highest BCUT2D eigenvalue weighted by molar-refractivity contribution is 5.75. The molecule has 1 unspecified atom stereocenters. The predicted molar refractivity (Wildman–Crippen MR) is 72.7 cm³/mol. The largest absolute Gasteiger partial charge is 0.493 e. The van der Waals surface area contributed by atoms with Crippen molar-refractivity contribution in [3.05, 3.63) is 29.8 Å². The molecule has 18 heavy (non-hydrogen) atoms. The summed E-state index contributed by atoms with van der Waals surface area (Å²) in [6.45, 7) is 5.54. The molecule has 0 saturated heterocycles. The van der Waals surface area contributed by atoms with E-state index in [1.165, 1.54) is 5.56 Å². The Morgan fingerprint density at radius 1 is 1.44 bits per heavy atom. The van der Waals surface area contributed by atoms with Crippen molar-refractivity contribution < 1.29 is 9.53 Å². The minimum Gasteiger partial charge on any atom is -0.493 e. The molecule has 1 aromatic carbocycles. The van der Waals surface area contributed by atoms with Crippen molar-refractivity contribution in [2.75, 3.05) is 20.2 Å². The van der Waals surface area contributed by atoms with Crippen LogP contribution in [0, 0.1) is 0 Å². The van der Waals surface area contributed by atoms with E-state index in [4.69, 9.17) is 4.74 Å². The first-order chi connectivity index (χ1) is 8.67. The van der Waals surface area contributed by atoms with E-state index in [2.05, 4.69) is 30.5 Å². The molecular weight excluding hydrogens is 228 g/mol. The summed E-state index contributed by atoms with van der Waals surface area (Å²) in [6, 6.07) is 8.26. The van der Waals surface area contributed by atoms with Crippen molar-refractivity contribution in [3.63, 3.8) is 0 Å². The molecule has 0 saturated carbocycles. The first-order valence-electron chi connectivity index (χ1n) is 6.34. The van der Waals surface area contributed by atoms with Gasteiger partial charge in [0.1, 0.15) is 5.75 Å². The number of hydrogen-bond acceptors (Lipinski definition) is 3. The van der Waals surface area contributed by atoms with Gasteiger partial charge in [-0.1, -0.05) is 19.1 Å². The normalized spacial score (nSPS) is 11.9. The standard InChI is InChI=1S/C14H22N2O2/c1-4-16-11(2)12-6-5-7-13(10-12)18-9-8-14(17)15-3/h5-7,10-11,16H,4,8-9H2,1-3H3,(H,15,17). The monoisotopic (exact) mass is 250 g/mol. The first kappa shape index (κ1) is 14.5. The van der Waals surface area contributed by atoms with Crippen LogP contribution in [0.3, 0.4) is 0 Å². The second-order valence-electron chi connectivity index (χ2n) is 4.12. The number of rotatable bonds is 7. The van der Waals surface area contributed by atoms with Crippen molar-refractivity contribution >= 4 is 5.91 Å². The number of amides is 1. The summed E-state index contributed by atoms with van der Waals surface area (Å²) < 4.78 is 5.56. The second-order valence-corrected chi connectivity index (χ2v) is 4.12. The highest BCUT2D eigenvalue weighted by atomic mass is 16.5. The van der Waals surface area contributed by atoms with Crippen LogP contribution in [-0.4, -0.2) is 26.1 Å². The molecular formula is C14H22N2O2. The minimum absolute atomic E-state index is 0.00725. The zero-order valence-electron chi connectivity index (χ0n) is 11.3. The molecule has 2 N–H and O–H groups in total. The summed E-state index contributed by atoms with van der Waals surface area (Å²) >= 11 is 0. The van der Waals surface area contributed by atoms with Crippen LogP contribution >= 0.6 is 0 Å². The molecule has 0 aliphatic carbocycles. The van der Waals surface area contributed by atoms with Gasteiger partial charge in [-0.25, -0.2) is 0 Å². The Labute approximate surface area is 109 Å². The Morgan fingerprint density at radius 3 is 2.89 bits per heavy atom. The number of hydrogen-bond donors (Lipinski definition) is 2. The Hall–Kier alpha value is -1.55. The van der Waals surface area contributed by atoms with Crippen molar-refractivity contribution in [1.82, 2.24) is 10.6 Å². The predicted octanol–water partition coefficient (Wildman–Crippen LogP) is 1.87. The number of nitrogens with one attached hydrogen (secondary N) is 2. The van der Waals surface area contributed by atoms with E-state index in [0.717, 1.165) is 12.3 Å². The van der Waals surface area contributed by atoms with Crippen molar-refractivity contribution in [3.8, 4) is 5.75 Å². The van der Waals surface area contributed by atoms with E-state index in [1.54, 1.807) is 7.05 Å². The van der Waals surface area contributed by atoms with E-state index in [9.17, 15) is 4.79 Å². The number of carbonyl (C=O) groups excluding carboxylic acids is 1. The fraction of sp³-hybridized carbons (Fsp3) is 0.500. The minimum atomic E-state index is -0.00725. The highest BCUT2D eigenvalue weighted by Gasteiger charge is 2.05. The lowest BCUT2D eigenvalue weighted by Crippen LogP contribution is -2.20. The van der Waals surface area contributed by atoms with Crippen LogP contribution in [0.2, 0.25) is 0 Å². The van der Waals surface area contributed by atoms with Gasteiger partial charge in [-0.15, -0.1) is 0 Å². The zero-order chi connectivity index (χ0) is 13.4. The number of benzene rings is 1. The molecule has 4 heteroatoms. The van der Waals surface area contributed by atoms with Gasteiger partial charge in [0.25, 0.3) is 0 Å². The highest BCUT2D eigenvalue weighted by Crippen LogP contribution is 2.19. The van der Waals surface area contributed by atoms with Crippen molar-refractivity contribution in [1.29, 1.82) is 0 Å². The maximum absolute atomic E-state index is 11.1. The molecule has 0 radical (unpaired) electrons. The molecule has 0 heterocycles. The molecule has 1 amide bonds. The van der Waals surface area contributed by atoms with E-state index in [1.807, 2.05) is 18.2 Å². The second kappa shape index (κ2) is 7.71. The molecule has 0 aromatic heterocycles. The van der Waals surface area contributed by atoms with E-state index in [-0.39, 0.29) is 5.91 Å². The van der Waals surface area contributed by atoms with Crippen LogP contribution in [0.25, 0.3) is 0 Å². The van der Waals surface area contributed by atoms with Crippen LogP contribution in [0.15, 0.2) is 24.3 Å². The molecule has 0 bridgehead atoms. The van der Waals surface area contributed by atoms with Crippen molar-refractivity contribution in [2.45, 2.75) is 26.3 Å². The molecule has 0 spiro atoms. The average Bonchev–Trinajstić information content (AvgIpc) is 2.39. The molecule has 100 valence electrons. The summed E-state index contributed by atoms with van der Waals surface area (Å²) in [4.78, 5) is 11.1. The van der Waals surface area contributed by atoms with Crippen LogP contribution in [0.4, 0.5) is 0 Å². The third-order valence-corrected chi connectivity index (χ3v) is 2.75. The maximum Gasteiger partial charge on any atom is 0.223 e. The summed E-state index contributed by atoms with van der Waals surface area (Å²) in [5, 5.41) is 5.92. The van der Waals surface area contributed by atoms with Gasteiger partial charge in [0.15, 0.2) is 0 Å². The van der Waals surface area contributed by atoms with Gasteiger partial charge in [-0.2, -0.15) is 0 Å². The topological polar surface area (TPSA) is 50.4 Å². The molecule has 0 aliphatic rings. The average molecular weight is 250 g/mol. The van der Waals surface area contributed by atoms with Crippen LogP contribution in [0.1, 0.15) is 31.9 Å². The van der Waals surface area contributed by atoms with Gasteiger partial charge in [0, 0.05) is 13.1 Å². The summed E-state index contributed by atoms with van der Waals surface area (Å²) in [6.07, 6.45) is 0.378.